The van der Waals surface area contributed by atoms with Crippen LogP contribution in [-0.4, -0.2) is 27.4 Å². The van der Waals surface area contributed by atoms with Crippen LogP contribution in [0, 0.1) is 0 Å². The fraction of sp³-hybridized carbons (Fsp3) is 0.455. The first-order valence-electron chi connectivity index (χ1n) is 9.18. The van der Waals surface area contributed by atoms with Gasteiger partial charge in [0.05, 0.1) is 7.11 Å². The molecule has 0 aromatic heterocycles. The molecule has 1 N–H and O–H groups in total. The van der Waals surface area contributed by atoms with Gasteiger partial charge in [0.2, 0.25) is 0 Å². The largest absolute Gasteiger partial charge is 0.493 e. The summed E-state index contributed by atoms with van der Waals surface area (Å²) in [6, 6.07) is 14.3. The number of hydrogen-bond acceptors (Lipinski definition) is 4. The summed E-state index contributed by atoms with van der Waals surface area (Å²) in [6.07, 6.45) is 1.11. The van der Waals surface area contributed by atoms with Crippen molar-refractivity contribution in [2.75, 3.05) is 27.4 Å². The zero-order valence-corrected chi connectivity index (χ0v) is 16.6. The lowest BCUT2D eigenvalue weighted by Gasteiger charge is -2.23. The van der Waals surface area contributed by atoms with E-state index in [0.717, 1.165) is 35.8 Å². The van der Waals surface area contributed by atoms with Crippen LogP contribution in [0.3, 0.4) is 0 Å². The predicted molar refractivity (Wildman–Crippen MR) is 107 cm³/mol. The fourth-order valence-corrected chi connectivity index (χ4v) is 2.66. The van der Waals surface area contributed by atoms with Crippen LogP contribution in [0.4, 0.5) is 0 Å². The van der Waals surface area contributed by atoms with Gasteiger partial charge in [0, 0.05) is 6.54 Å². The molecule has 0 heterocycles. The average molecular weight is 357 g/mol. The Morgan fingerprint density at radius 1 is 0.923 bits per heavy atom. The van der Waals surface area contributed by atoms with Gasteiger partial charge in [-0.2, -0.15) is 0 Å². The highest BCUT2D eigenvalue weighted by Gasteiger charge is 2.17. The molecular formula is C22H31NO3. The summed E-state index contributed by atoms with van der Waals surface area (Å²) in [5.41, 5.74) is 2.68. The van der Waals surface area contributed by atoms with Gasteiger partial charge < -0.3 is 19.5 Å². The first kappa shape index (κ1) is 20.1. The molecule has 0 bridgehead atoms. The van der Waals surface area contributed by atoms with Crippen molar-refractivity contribution in [3.8, 4) is 17.2 Å². The molecular weight excluding hydrogens is 326 g/mol. The van der Waals surface area contributed by atoms with E-state index in [0.29, 0.717) is 13.2 Å². The van der Waals surface area contributed by atoms with Gasteiger partial charge in [-0.3, -0.25) is 0 Å². The van der Waals surface area contributed by atoms with E-state index in [1.807, 2.05) is 37.4 Å². The maximum atomic E-state index is 5.81. The SMILES string of the molecule is CCC(C)(C)c1ccc(OCCOc2ccc(CNC)cc2OC)cc1. The summed E-state index contributed by atoms with van der Waals surface area (Å²) in [6.45, 7) is 8.46. The molecule has 2 rings (SSSR count). The molecule has 26 heavy (non-hydrogen) atoms. The van der Waals surface area contributed by atoms with Gasteiger partial charge in [0.1, 0.15) is 19.0 Å². The van der Waals surface area contributed by atoms with Crippen LogP contribution in [0.1, 0.15) is 38.3 Å². The molecule has 2 aromatic rings. The lowest BCUT2D eigenvalue weighted by Crippen LogP contribution is -2.15. The smallest absolute Gasteiger partial charge is 0.161 e. The third-order valence-corrected chi connectivity index (χ3v) is 4.74. The zero-order valence-electron chi connectivity index (χ0n) is 16.6. The first-order chi connectivity index (χ1) is 12.5. The highest BCUT2D eigenvalue weighted by Crippen LogP contribution is 2.29. The molecule has 0 unspecified atom stereocenters. The summed E-state index contributed by atoms with van der Waals surface area (Å²) >= 11 is 0. The quantitative estimate of drug-likeness (QED) is 0.633. The van der Waals surface area contributed by atoms with Crippen LogP contribution >= 0.6 is 0 Å². The number of methoxy groups -OCH3 is 1. The minimum absolute atomic E-state index is 0.192. The van der Waals surface area contributed by atoms with Crippen LogP contribution in [-0.2, 0) is 12.0 Å². The molecule has 0 aliphatic carbocycles. The van der Waals surface area contributed by atoms with E-state index in [1.54, 1.807) is 7.11 Å². The van der Waals surface area contributed by atoms with E-state index >= 15 is 0 Å². The standard InChI is InChI=1S/C22H31NO3/c1-6-22(2,3)18-8-10-19(11-9-18)25-13-14-26-20-12-7-17(16-23-4)15-21(20)24-5/h7-12,15,23H,6,13-14,16H2,1-5H3. The second-order valence-electron chi connectivity index (χ2n) is 6.97. The Morgan fingerprint density at radius 3 is 2.23 bits per heavy atom. The Labute approximate surface area is 157 Å². The fourth-order valence-electron chi connectivity index (χ4n) is 2.66. The lowest BCUT2D eigenvalue weighted by atomic mass is 9.82. The average Bonchev–Trinajstić information content (AvgIpc) is 2.66. The van der Waals surface area contributed by atoms with Crippen LogP contribution in [0.15, 0.2) is 42.5 Å². The van der Waals surface area contributed by atoms with E-state index < -0.39 is 0 Å². The van der Waals surface area contributed by atoms with E-state index in [-0.39, 0.29) is 5.41 Å². The number of benzene rings is 2. The Kier molecular flexibility index (Phi) is 7.34. The molecule has 0 amide bonds. The Bertz CT molecular complexity index is 680. The monoisotopic (exact) mass is 357 g/mol. The van der Waals surface area contributed by atoms with Gasteiger partial charge in [0.15, 0.2) is 11.5 Å². The highest BCUT2D eigenvalue weighted by atomic mass is 16.5. The molecule has 0 aliphatic rings. The Hall–Kier alpha value is -2.20. The van der Waals surface area contributed by atoms with Crippen LogP contribution in [0.5, 0.6) is 17.2 Å². The summed E-state index contributed by atoms with van der Waals surface area (Å²) in [7, 11) is 3.57. The molecule has 0 atom stereocenters. The van der Waals surface area contributed by atoms with Crippen molar-refractivity contribution >= 4 is 0 Å². The van der Waals surface area contributed by atoms with Crippen LogP contribution in [0.25, 0.3) is 0 Å². The second kappa shape index (κ2) is 9.48. The van der Waals surface area contributed by atoms with E-state index in [2.05, 4.69) is 38.2 Å². The summed E-state index contributed by atoms with van der Waals surface area (Å²) in [4.78, 5) is 0. The minimum Gasteiger partial charge on any atom is -0.493 e. The van der Waals surface area contributed by atoms with Gasteiger partial charge in [0.25, 0.3) is 0 Å². The van der Waals surface area contributed by atoms with Crippen molar-refractivity contribution in [1.82, 2.24) is 5.32 Å². The third-order valence-electron chi connectivity index (χ3n) is 4.74. The zero-order chi connectivity index (χ0) is 19.0. The molecule has 0 aliphatic heterocycles. The maximum Gasteiger partial charge on any atom is 0.161 e. The van der Waals surface area contributed by atoms with Crippen molar-refractivity contribution in [2.45, 2.75) is 39.2 Å². The molecule has 142 valence electrons. The van der Waals surface area contributed by atoms with E-state index in [1.165, 1.54) is 5.56 Å². The van der Waals surface area contributed by atoms with Gasteiger partial charge in [-0.15, -0.1) is 0 Å². The summed E-state index contributed by atoms with van der Waals surface area (Å²) in [5.74, 6) is 2.33. The van der Waals surface area contributed by atoms with Crippen molar-refractivity contribution in [2.24, 2.45) is 0 Å². The lowest BCUT2D eigenvalue weighted by molar-refractivity contribution is 0.211. The van der Waals surface area contributed by atoms with Crippen molar-refractivity contribution in [3.63, 3.8) is 0 Å². The second-order valence-corrected chi connectivity index (χ2v) is 6.97. The van der Waals surface area contributed by atoms with E-state index in [4.69, 9.17) is 14.2 Å². The topological polar surface area (TPSA) is 39.7 Å². The number of nitrogens with one attached hydrogen (secondary N) is 1. The summed E-state index contributed by atoms with van der Waals surface area (Å²) in [5, 5.41) is 3.13. The number of hydrogen-bond donors (Lipinski definition) is 1. The normalized spacial score (nSPS) is 11.3. The molecule has 2 aromatic carbocycles. The van der Waals surface area contributed by atoms with Gasteiger partial charge in [-0.25, -0.2) is 0 Å². The Morgan fingerprint density at radius 2 is 1.62 bits per heavy atom. The van der Waals surface area contributed by atoms with Crippen molar-refractivity contribution in [3.05, 3.63) is 53.6 Å². The Balaban J connectivity index is 1.85. The third kappa shape index (κ3) is 5.40. The number of rotatable bonds is 10. The highest BCUT2D eigenvalue weighted by molar-refractivity contribution is 5.43. The molecule has 0 saturated heterocycles. The van der Waals surface area contributed by atoms with Gasteiger partial charge >= 0.3 is 0 Å². The molecule has 0 saturated carbocycles. The molecule has 0 spiro atoms. The van der Waals surface area contributed by atoms with Crippen molar-refractivity contribution in [1.29, 1.82) is 0 Å². The summed E-state index contributed by atoms with van der Waals surface area (Å²) < 4.78 is 17.0. The maximum absolute atomic E-state index is 5.81. The molecule has 4 heteroatoms. The molecule has 0 radical (unpaired) electrons. The van der Waals surface area contributed by atoms with Crippen LogP contribution < -0.4 is 19.5 Å². The van der Waals surface area contributed by atoms with Crippen molar-refractivity contribution < 1.29 is 14.2 Å². The van der Waals surface area contributed by atoms with E-state index in [9.17, 15) is 0 Å². The predicted octanol–water partition coefficient (Wildman–Crippen LogP) is 4.56. The number of ether oxygens (including phenoxy) is 3. The van der Waals surface area contributed by atoms with Gasteiger partial charge in [-0.1, -0.05) is 39.0 Å². The molecule has 4 nitrogen and oxygen atoms in total. The minimum atomic E-state index is 0.192. The van der Waals surface area contributed by atoms with Crippen LogP contribution in [0.2, 0.25) is 0 Å². The van der Waals surface area contributed by atoms with Gasteiger partial charge in [-0.05, 0) is 54.3 Å². The first-order valence-corrected chi connectivity index (χ1v) is 9.18. The molecule has 0 fully saturated rings.